The average Bonchev–Trinajstić information content (AvgIpc) is 3.13. The molecule has 4 rings (SSSR count). The molecule has 0 bridgehead atoms. The van der Waals surface area contributed by atoms with E-state index in [1.54, 1.807) is 34.3 Å². The zero-order chi connectivity index (χ0) is 18.0. The van der Waals surface area contributed by atoms with Gasteiger partial charge in [0.2, 0.25) is 0 Å². The fourth-order valence-electron chi connectivity index (χ4n) is 3.27. The highest BCUT2D eigenvalue weighted by Crippen LogP contribution is 2.27. The first-order valence-electron chi connectivity index (χ1n) is 8.38. The van der Waals surface area contributed by atoms with Crippen LogP contribution in [-0.4, -0.2) is 77.0 Å². The molecule has 2 amide bonds. The van der Waals surface area contributed by atoms with E-state index in [1.165, 1.54) is 6.20 Å². The largest absolute Gasteiger partial charge is 0.376 e. The van der Waals surface area contributed by atoms with Crippen LogP contribution in [-0.2, 0) is 14.3 Å². The summed E-state index contributed by atoms with van der Waals surface area (Å²) in [5.41, 5.74) is 0.338. The Morgan fingerprint density at radius 2 is 2.19 bits per heavy atom. The quantitative estimate of drug-likeness (QED) is 0.817. The molecular weight excluding hydrogens is 338 g/mol. The molecular formula is C17H19N5O4. The number of carbonyl (C=O) groups is 2. The Kier molecular flexibility index (Phi) is 4.39. The Balaban J connectivity index is 1.57. The molecule has 2 aliphatic rings. The minimum absolute atomic E-state index is 0.0651. The summed E-state index contributed by atoms with van der Waals surface area (Å²) in [5, 5.41) is 6.52. The van der Waals surface area contributed by atoms with E-state index in [2.05, 4.69) is 15.2 Å². The number of hydrogen-bond acceptors (Lipinski definition) is 6. The van der Waals surface area contributed by atoms with E-state index in [0.29, 0.717) is 44.2 Å². The van der Waals surface area contributed by atoms with Crippen molar-refractivity contribution in [1.82, 2.24) is 20.1 Å². The molecule has 0 aliphatic carbocycles. The van der Waals surface area contributed by atoms with E-state index < -0.39 is 5.60 Å². The first kappa shape index (κ1) is 16.7. The fraction of sp³-hybridized carbons (Fsp3) is 0.412. The van der Waals surface area contributed by atoms with E-state index in [-0.39, 0.29) is 18.4 Å². The number of nitrogens with zero attached hydrogens (tertiary/aromatic N) is 4. The first-order chi connectivity index (χ1) is 12.7. The third-order valence-corrected chi connectivity index (χ3v) is 4.57. The summed E-state index contributed by atoms with van der Waals surface area (Å²) in [4.78, 5) is 32.5. The topological polar surface area (TPSA) is 101 Å². The molecule has 2 aromatic heterocycles. The summed E-state index contributed by atoms with van der Waals surface area (Å²) in [7, 11) is 0. The lowest BCUT2D eigenvalue weighted by molar-refractivity contribution is -0.145. The van der Waals surface area contributed by atoms with E-state index in [1.807, 2.05) is 6.07 Å². The third kappa shape index (κ3) is 3.18. The molecule has 0 saturated carbocycles. The molecule has 2 fully saturated rings. The first-order valence-corrected chi connectivity index (χ1v) is 8.38. The van der Waals surface area contributed by atoms with Crippen LogP contribution >= 0.6 is 0 Å². The summed E-state index contributed by atoms with van der Waals surface area (Å²) in [6, 6.07) is 5.24. The molecule has 4 heterocycles. The summed E-state index contributed by atoms with van der Waals surface area (Å²) in [6.07, 6.45) is 4.84. The van der Waals surface area contributed by atoms with E-state index in [0.717, 1.165) is 0 Å². The van der Waals surface area contributed by atoms with Crippen molar-refractivity contribution in [3.05, 3.63) is 42.5 Å². The van der Waals surface area contributed by atoms with Crippen LogP contribution in [0.25, 0.3) is 0 Å². The molecule has 1 N–H and O–H groups in total. The predicted octanol–water partition coefficient (Wildman–Crippen LogP) is 0.0793. The molecule has 0 aromatic carbocycles. The number of H-pyrrole nitrogens is 1. The molecule has 2 aliphatic heterocycles. The number of anilines is 1. The van der Waals surface area contributed by atoms with E-state index >= 15 is 0 Å². The van der Waals surface area contributed by atoms with Crippen LogP contribution in [0.2, 0.25) is 0 Å². The number of aromatic amines is 1. The van der Waals surface area contributed by atoms with Crippen LogP contribution in [0.4, 0.5) is 5.69 Å². The van der Waals surface area contributed by atoms with E-state index in [9.17, 15) is 9.59 Å². The Morgan fingerprint density at radius 1 is 1.27 bits per heavy atom. The number of amides is 2. The van der Waals surface area contributed by atoms with Gasteiger partial charge in [0.05, 0.1) is 38.2 Å². The molecule has 1 unspecified atom stereocenters. The number of hydrogen-bond donors (Lipinski definition) is 1. The van der Waals surface area contributed by atoms with Crippen LogP contribution < -0.4 is 4.90 Å². The van der Waals surface area contributed by atoms with Crippen molar-refractivity contribution in [3.8, 4) is 0 Å². The SMILES string of the molecule is O=C(c1ccn[nH]1)N1CCOCC2(C1)CN(c1cccnc1)C(=O)CO2. The predicted molar refractivity (Wildman–Crippen MR) is 90.6 cm³/mol. The van der Waals surface area contributed by atoms with Crippen LogP contribution in [0, 0.1) is 0 Å². The smallest absolute Gasteiger partial charge is 0.272 e. The fourth-order valence-corrected chi connectivity index (χ4v) is 3.27. The second kappa shape index (κ2) is 6.85. The molecule has 26 heavy (non-hydrogen) atoms. The maximum absolute atomic E-state index is 12.7. The van der Waals surface area contributed by atoms with Gasteiger partial charge in [-0.1, -0.05) is 0 Å². The van der Waals surface area contributed by atoms with Gasteiger partial charge in [-0.25, -0.2) is 0 Å². The summed E-state index contributed by atoms with van der Waals surface area (Å²) >= 11 is 0. The van der Waals surface area contributed by atoms with Crippen LogP contribution in [0.1, 0.15) is 10.5 Å². The lowest BCUT2D eigenvalue weighted by Crippen LogP contribution is -2.61. The highest BCUT2D eigenvalue weighted by atomic mass is 16.6. The molecule has 9 nitrogen and oxygen atoms in total. The van der Waals surface area contributed by atoms with Crippen LogP contribution in [0.3, 0.4) is 0 Å². The molecule has 136 valence electrons. The van der Waals surface area contributed by atoms with Gasteiger partial charge in [-0.05, 0) is 18.2 Å². The van der Waals surface area contributed by atoms with Crippen molar-refractivity contribution in [2.45, 2.75) is 5.60 Å². The second-order valence-electron chi connectivity index (χ2n) is 6.41. The molecule has 1 spiro atoms. The van der Waals surface area contributed by atoms with Gasteiger partial charge in [0.25, 0.3) is 11.8 Å². The van der Waals surface area contributed by atoms with E-state index in [4.69, 9.17) is 9.47 Å². The number of pyridine rings is 1. The number of carbonyl (C=O) groups excluding carboxylic acids is 2. The molecule has 2 saturated heterocycles. The van der Waals surface area contributed by atoms with Gasteiger partial charge >= 0.3 is 0 Å². The molecule has 0 radical (unpaired) electrons. The van der Waals surface area contributed by atoms with Gasteiger partial charge in [0.1, 0.15) is 17.9 Å². The zero-order valence-corrected chi connectivity index (χ0v) is 14.1. The average molecular weight is 357 g/mol. The van der Waals surface area contributed by atoms with Gasteiger partial charge in [0, 0.05) is 18.9 Å². The zero-order valence-electron chi connectivity index (χ0n) is 14.1. The second-order valence-corrected chi connectivity index (χ2v) is 6.41. The number of morpholine rings is 1. The maximum atomic E-state index is 12.7. The highest BCUT2D eigenvalue weighted by molar-refractivity contribution is 5.95. The highest BCUT2D eigenvalue weighted by Gasteiger charge is 2.44. The van der Waals surface area contributed by atoms with Crippen molar-refractivity contribution in [3.63, 3.8) is 0 Å². The standard InChI is InChI=1S/C17H19N5O4/c23-15-9-26-17(11-22(15)13-2-1-4-18-8-13)10-21(6-7-25-12-17)16(24)14-3-5-19-20-14/h1-5,8H,6-7,9-12H2,(H,19,20). The van der Waals surface area contributed by atoms with Gasteiger partial charge in [-0.3, -0.25) is 19.7 Å². The maximum Gasteiger partial charge on any atom is 0.272 e. The number of rotatable bonds is 2. The lowest BCUT2D eigenvalue weighted by atomic mass is 10.0. The minimum Gasteiger partial charge on any atom is -0.376 e. The van der Waals surface area contributed by atoms with Crippen LogP contribution in [0.15, 0.2) is 36.8 Å². The van der Waals surface area contributed by atoms with Crippen molar-refractivity contribution < 1.29 is 19.1 Å². The lowest BCUT2D eigenvalue weighted by Gasteiger charge is -2.42. The van der Waals surface area contributed by atoms with Crippen molar-refractivity contribution in [2.24, 2.45) is 0 Å². The van der Waals surface area contributed by atoms with Gasteiger partial charge in [-0.15, -0.1) is 0 Å². The number of ether oxygens (including phenoxy) is 2. The number of nitrogens with one attached hydrogen (secondary N) is 1. The van der Waals surface area contributed by atoms with Gasteiger partial charge < -0.3 is 19.3 Å². The minimum atomic E-state index is -0.782. The molecule has 9 heteroatoms. The van der Waals surface area contributed by atoms with Crippen molar-refractivity contribution >= 4 is 17.5 Å². The molecule has 2 aromatic rings. The Labute approximate surface area is 149 Å². The molecule has 1 atom stereocenters. The summed E-state index contributed by atoms with van der Waals surface area (Å²) in [6.45, 7) is 1.73. The van der Waals surface area contributed by atoms with Gasteiger partial charge in [-0.2, -0.15) is 5.10 Å². The van der Waals surface area contributed by atoms with Crippen molar-refractivity contribution in [1.29, 1.82) is 0 Å². The Morgan fingerprint density at radius 3 is 2.96 bits per heavy atom. The third-order valence-electron chi connectivity index (χ3n) is 4.57. The Hall–Kier alpha value is -2.78. The normalized spacial score (nSPS) is 23.9. The monoisotopic (exact) mass is 357 g/mol. The Bertz CT molecular complexity index is 782. The number of aromatic nitrogens is 3. The summed E-state index contributed by atoms with van der Waals surface area (Å²) in [5.74, 6) is -0.305. The summed E-state index contributed by atoms with van der Waals surface area (Å²) < 4.78 is 11.6. The van der Waals surface area contributed by atoms with Crippen LogP contribution in [0.5, 0.6) is 0 Å². The van der Waals surface area contributed by atoms with Gasteiger partial charge in [0.15, 0.2) is 0 Å². The van der Waals surface area contributed by atoms with Crippen molar-refractivity contribution in [2.75, 3.05) is 44.4 Å².